The summed E-state index contributed by atoms with van der Waals surface area (Å²) in [5.74, 6) is -1.56. The van der Waals surface area contributed by atoms with Crippen LogP contribution in [0.3, 0.4) is 0 Å². The number of hydrogen-bond acceptors (Lipinski definition) is 4. The zero-order valence-corrected chi connectivity index (χ0v) is 15.0. The van der Waals surface area contributed by atoms with Crippen molar-refractivity contribution in [1.29, 1.82) is 0 Å². The van der Waals surface area contributed by atoms with E-state index in [4.69, 9.17) is 4.74 Å². The Balaban J connectivity index is 2.09. The van der Waals surface area contributed by atoms with Crippen LogP contribution in [0.2, 0.25) is 0 Å². The number of aryl methyl sites for hydroxylation is 1. The van der Waals surface area contributed by atoms with Crippen LogP contribution in [0.5, 0.6) is 0 Å². The number of hydrogen-bond donors (Lipinski definition) is 4. The molecule has 8 nitrogen and oxygen atoms in total. The number of nitrogens with one attached hydrogen (secondary N) is 4. The molecule has 128 valence electrons. The molecule has 0 spiro atoms. The van der Waals surface area contributed by atoms with Crippen molar-refractivity contribution < 1.29 is 19.1 Å². The van der Waals surface area contributed by atoms with Gasteiger partial charge in [-0.25, -0.2) is 4.79 Å². The molecule has 0 bridgehead atoms. The Bertz CT molecular complexity index is 793. The van der Waals surface area contributed by atoms with Gasteiger partial charge in [0, 0.05) is 16.4 Å². The van der Waals surface area contributed by atoms with E-state index in [1.165, 1.54) is 0 Å². The van der Waals surface area contributed by atoms with Crippen molar-refractivity contribution >= 4 is 33.7 Å². The number of esters is 1. The fourth-order valence-corrected chi connectivity index (χ4v) is 2.57. The summed E-state index contributed by atoms with van der Waals surface area (Å²) in [6.45, 7) is 5.25. The maximum atomic E-state index is 12.2. The zero-order chi connectivity index (χ0) is 17.9. The molecule has 2 heterocycles. The van der Waals surface area contributed by atoms with Gasteiger partial charge in [0.15, 0.2) is 0 Å². The fourth-order valence-electron chi connectivity index (χ4n) is 2.23. The van der Waals surface area contributed by atoms with Gasteiger partial charge >= 0.3 is 5.97 Å². The average Bonchev–Trinajstić information content (AvgIpc) is 3.08. The summed E-state index contributed by atoms with van der Waals surface area (Å²) in [5.41, 5.74) is 6.37. The molecule has 0 saturated heterocycles. The van der Waals surface area contributed by atoms with E-state index in [0.717, 1.165) is 0 Å². The number of rotatable bonds is 4. The lowest BCUT2D eigenvalue weighted by molar-refractivity contribution is 0.0525. The van der Waals surface area contributed by atoms with E-state index in [9.17, 15) is 14.4 Å². The molecule has 0 unspecified atom stereocenters. The van der Waals surface area contributed by atoms with Gasteiger partial charge in [-0.1, -0.05) is 0 Å². The maximum Gasteiger partial charge on any atom is 0.340 e. The van der Waals surface area contributed by atoms with Crippen LogP contribution in [0.1, 0.15) is 49.5 Å². The molecular weight excluding hydrogens is 380 g/mol. The largest absolute Gasteiger partial charge is 0.462 e. The molecule has 24 heavy (non-hydrogen) atoms. The van der Waals surface area contributed by atoms with Crippen LogP contribution in [0.4, 0.5) is 0 Å². The van der Waals surface area contributed by atoms with Crippen LogP contribution in [-0.2, 0) is 4.74 Å². The number of H-pyrrole nitrogens is 2. The number of amides is 2. The average molecular weight is 397 g/mol. The smallest absolute Gasteiger partial charge is 0.340 e. The molecular formula is C15H17BrN4O4. The summed E-state index contributed by atoms with van der Waals surface area (Å²) in [7, 11) is 0. The number of aromatic nitrogens is 2. The third kappa shape index (κ3) is 3.67. The molecule has 0 aromatic carbocycles. The van der Waals surface area contributed by atoms with Gasteiger partial charge in [-0.2, -0.15) is 0 Å². The van der Waals surface area contributed by atoms with Gasteiger partial charge in [0.2, 0.25) is 0 Å². The lowest BCUT2D eigenvalue weighted by Gasteiger charge is -2.06. The predicted octanol–water partition coefficient (Wildman–Crippen LogP) is 1.97. The highest BCUT2D eigenvalue weighted by Crippen LogP contribution is 2.19. The summed E-state index contributed by atoms with van der Waals surface area (Å²) in [4.78, 5) is 41.6. The van der Waals surface area contributed by atoms with Crippen molar-refractivity contribution in [2.24, 2.45) is 0 Å². The second kappa shape index (κ2) is 7.35. The number of aromatic amines is 2. The highest BCUT2D eigenvalue weighted by Gasteiger charge is 2.23. The van der Waals surface area contributed by atoms with E-state index in [-0.39, 0.29) is 18.0 Å². The van der Waals surface area contributed by atoms with Crippen molar-refractivity contribution in [2.45, 2.75) is 20.8 Å². The number of carbonyl (C=O) groups excluding carboxylic acids is 3. The van der Waals surface area contributed by atoms with Crippen molar-refractivity contribution in [3.8, 4) is 0 Å². The summed E-state index contributed by atoms with van der Waals surface area (Å²) >= 11 is 3.22. The zero-order valence-electron chi connectivity index (χ0n) is 13.4. The molecule has 0 saturated carbocycles. The minimum Gasteiger partial charge on any atom is -0.462 e. The SMILES string of the molecule is CCOC(=O)c1c(C)[nH]c(C(=O)NNC(=O)c2cc(Br)c[nH]2)c1C. The third-order valence-corrected chi connectivity index (χ3v) is 3.78. The Kier molecular flexibility index (Phi) is 5.45. The lowest BCUT2D eigenvalue weighted by atomic mass is 10.1. The van der Waals surface area contributed by atoms with Gasteiger partial charge < -0.3 is 14.7 Å². The molecule has 2 amide bonds. The second-order valence-electron chi connectivity index (χ2n) is 4.99. The van der Waals surface area contributed by atoms with Crippen molar-refractivity contribution in [1.82, 2.24) is 20.8 Å². The third-order valence-electron chi connectivity index (χ3n) is 3.33. The van der Waals surface area contributed by atoms with Gasteiger partial charge in [0.05, 0.1) is 12.2 Å². The molecule has 9 heteroatoms. The molecule has 0 aliphatic heterocycles. The van der Waals surface area contributed by atoms with Crippen LogP contribution in [-0.4, -0.2) is 34.4 Å². The van der Waals surface area contributed by atoms with E-state index >= 15 is 0 Å². The minimum absolute atomic E-state index is 0.184. The molecule has 2 aromatic heterocycles. The first-order valence-electron chi connectivity index (χ1n) is 7.16. The Morgan fingerprint density at radius 3 is 2.46 bits per heavy atom. The van der Waals surface area contributed by atoms with Gasteiger partial charge in [-0.3, -0.25) is 20.4 Å². The van der Waals surface area contributed by atoms with E-state index in [1.807, 2.05) is 0 Å². The molecule has 0 atom stereocenters. The normalized spacial score (nSPS) is 10.3. The number of halogens is 1. The number of hydrazine groups is 1. The quantitative estimate of drug-likeness (QED) is 0.466. The Morgan fingerprint density at radius 1 is 1.21 bits per heavy atom. The number of ether oxygens (including phenoxy) is 1. The molecule has 0 fully saturated rings. The molecule has 2 aromatic rings. The van der Waals surface area contributed by atoms with Gasteiger partial charge in [-0.15, -0.1) is 0 Å². The predicted molar refractivity (Wildman–Crippen MR) is 89.6 cm³/mol. The first-order valence-corrected chi connectivity index (χ1v) is 7.95. The Labute approximate surface area is 146 Å². The minimum atomic E-state index is -0.565. The van der Waals surface area contributed by atoms with E-state index < -0.39 is 17.8 Å². The van der Waals surface area contributed by atoms with E-state index in [1.54, 1.807) is 33.0 Å². The summed E-state index contributed by atoms with van der Waals surface area (Å²) in [6.07, 6.45) is 1.60. The van der Waals surface area contributed by atoms with Gasteiger partial charge in [-0.05, 0) is 48.3 Å². The lowest BCUT2D eigenvalue weighted by Crippen LogP contribution is -2.42. The first kappa shape index (κ1) is 17.8. The molecule has 0 aliphatic carbocycles. The van der Waals surface area contributed by atoms with E-state index in [2.05, 4.69) is 36.7 Å². The molecule has 0 aliphatic rings. The van der Waals surface area contributed by atoms with E-state index in [0.29, 0.717) is 21.3 Å². The van der Waals surface area contributed by atoms with Crippen molar-refractivity contribution in [2.75, 3.05) is 6.61 Å². The maximum absolute atomic E-state index is 12.2. The standard InChI is InChI=1S/C15H17BrN4O4/c1-4-24-15(23)11-7(2)12(18-8(11)3)14(22)20-19-13(21)10-5-9(16)6-17-10/h5-6,17-18H,4H2,1-3H3,(H,19,21)(H,20,22). The highest BCUT2D eigenvalue weighted by molar-refractivity contribution is 9.10. The van der Waals surface area contributed by atoms with Crippen LogP contribution >= 0.6 is 15.9 Å². The number of carbonyl (C=O) groups is 3. The summed E-state index contributed by atoms with van der Waals surface area (Å²) < 4.78 is 5.69. The molecule has 0 radical (unpaired) electrons. The second-order valence-corrected chi connectivity index (χ2v) is 5.90. The Hall–Kier alpha value is -2.55. The fraction of sp³-hybridized carbons (Fsp3) is 0.267. The topological polar surface area (TPSA) is 116 Å². The van der Waals surface area contributed by atoms with Crippen LogP contribution in [0, 0.1) is 13.8 Å². The van der Waals surface area contributed by atoms with Crippen molar-refractivity contribution in [3.63, 3.8) is 0 Å². The van der Waals surface area contributed by atoms with Crippen LogP contribution < -0.4 is 10.9 Å². The van der Waals surface area contributed by atoms with Crippen LogP contribution in [0.25, 0.3) is 0 Å². The van der Waals surface area contributed by atoms with Crippen LogP contribution in [0.15, 0.2) is 16.7 Å². The molecule has 2 rings (SSSR count). The Morgan fingerprint density at radius 2 is 1.88 bits per heavy atom. The monoisotopic (exact) mass is 396 g/mol. The molecule has 4 N–H and O–H groups in total. The van der Waals surface area contributed by atoms with Gasteiger partial charge in [0.25, 0.3) is 11.8 Å². The van der Waals surface area contributed by atoms with Gasteiger partial charge in [0.1, 0.15) is 11.4 Å². The first-order chi connectivity index (χ1) is 11.3. The summed E-state index contributed by atoms with van der Waals surface area (Å²) in [6, 6.07) is 1.57. The summed E-state index contributed by atoms with van der Waals surface area (Å²) in [5, 5.41) is 0. The highest BCUT2D eigenvalue weighted by atomic mass is 79.9. The van der Waals surface area contributed by atoms with Crippen molar-refractivity contribution in [3.05, 3.63) is 44.9 Å².